The molecule has 9 nitrogen and oxygen atoms in total. The molecule has 2 fully saturated rings. The number of amides is 3. The van der Waals surface area contributed by atoms with E-state index < -0.39 is 5.91 Å². The fourth-order valence-electron chi connectivity index (χ4n) is 6.43. The van der Waals surface area contributed by atoms with Gasteiger partial charge in [0.1, 0.15) is 24.7 Å². The fraction of sp³-hybridized carbons (Fsp3) is 0.378. The molecule has 1 aliphatic carbocycles. The molecule has 6 rings (SSSR count). The second-order valence-corrected chi connectivity index (χ2v) is 13.4. The van der Waals surface area contributed by atoms with E-state index in [2.05, 4.69) is 33.4 Å². The average molecular weight is 702 g/mol. The van der Waals surface area contributed by atoms with Gasteiger partial charge in [-0.05, 0) is 78.8 Å². The fourth-order valence-corrected chi connectivity index (χ4v) is 6.70. The summed E-state index contributed by atoms with van der Waals surface area (Å²) in [5.41, 5.74) is 9.13. The van der Waals surface area contributed by atoms with Gasteiger partial charge in [0.15, 0.2) is 0 Å². The molecular weight excluding hydrogens is 660 g/mol. The molecule has 1 saturated carbocycles. The predicted octanol–water partition coefficient (Wildman–Crippen LogP) is 5.08. The molecule has 2 atom stereocenters. The lowest BCUT2D eigenvalue weighted by molar-refractivity contribution is -0.134. The molecule has 0 radical (unpaired) electrons. The van der Waals surface area contributed by atoms with E-state index in [0.29, 0.717) is 45.7 Å². The Labute approximate surface area is 284 Å². The largest absolute Gasteiger partial charge is 0.490 e. The van der Waals surface area contributed by atoms with E-state index in [1.54, 1.807) is 0 Å². The molecule has 3 aromatic carbocycles. The van der Waals surface area contributed by atoms with E-state index in [1.165, 1.54) is 0 Å². The van der Waals surface area contributed by atoms with E-state index in [4.69, 9.17) is 15.2 Å². The summed E-state index contributed by atoms with van der Waals surface area (Å²) >= 11 is 3.43. The zero-order valence-electron chi connectivity index (χ0n) is 26.4. The number of ether oxygens (including phenoxy) is 2. The van der Waals surface area contributed by atoms with Gasteiger partial charge in [-0.2, -0.15) is 0 Å². The van der Waals surface area contributed by atoms with Gasteiger partial charge in [-0.25, -0.2) is 0 Å². The third-order valence-electron chi connectivity index (χ3n) is 8.88. The number of benzene rings is 3. The summed E-state index contributed by atoms with van der Waals surface area (Å²) < 4.78 is 12.7. The first kappa shape index (κ1) is 32.8. The first-order valence-corrected chi connectivity index (χ1v) is 17.1. The van der Waals surface area contributed by atoms with E-state index in [9.17, 15) is 14.4 Å². The number of rotatable bonds is 14. The number of hydrogen-bond acceptors (Lipinski definition) is 6. The van der Waals surface area contributed by atoms with Crippen molar-refractivity contribution in [2.24, 2.45) is 5.73 Å². The van der Waals surface area contributed by atoms with Crippen molar-refractivity contribution in [1.29, 1.82) is 0 Å². The number of carbonyl (C=O) groups is 3. The molecule has 3 aromatic rings. The molecule has 3 aliphatic rings. The molecule has 47 heavy (non-hydrogen) atoms. The molecule has 2 heterocycles. The van der Waals surface area contributed by atoms with Gasteiger partial charge < -0.3 is 30.3 Å². The topological polar surface area (TPSA) is 114 Å². The Morgan fingerprint density at radius 2 is 1.53 bits per heavy atom. The van der Waals surface area contributed by atoms with Gasteiger partial charge in [0.2, 0.25) is 11.8 Å². The minimum absolute atomic E-state index is 0.00745. The second kappa shape index (κ2) is 15.2. The number of primary amides is 1. The zero-order chi connectivity index (χ0) is 32.8. The Balaban J connectivity index is 1.21. The minimum Gasteiger partial charge on any atom is -0.490 e. The van der Waals surface area contributed by atoms with Crippen LogP contribution in [-0.2, 0) is 20.9 Å². The molecule has 0 spiro atoms. The van der Waals surface area contributed by atoms with Crippen molar-refractivity contribution >= 4 is 39.2 Å². The SMILES string of the molecule is NC(=O)CCCC(=O)N1CC2CC(c3ccc(OCCOc4ccc(Br)cc4)cc3)=C(C(=O)N(Cc3ccccc3)C3CC3)[C@@H](C1)N2. The van der Waals surface area contributed by atoms with Crippen LogP contribution in [0.15, 0.2) is 88.9 Å². The van der Waals surface area contributed by atoms with Crippen LogP contribution in [0.25, 0.3) is 5.57 Å². The molecule has 3 amide bonds. The Morgan fingerprint density at radius 1 is 0.872 bits per heavy atom. The molecule has 2 bridgehead atoms. The number of nitrogens with two attached hydrogens (primary N) is 1. The molecule has 246 valence electrons. The van der Waals surface area contributed by atoms with Gasteiger partial charge in [-0.3, -0.25) is 14.4 Å². The zero-order valence-corrected chi connectivity index (χ0v) is 28.0. The number of nitrogens with zero attached hydrogens (tertiary/aromatic N) is 2. The summed E-state index contributed by atoms with van der Waals surface area (Å²) in [5, 5.41) is 3.67. The highest BCUT2D eigenvalue weighted by Gasteiger charge is 2.43. The minimum atomic E-state index is -0.403. The van der Waals surface area contributed by atoms with Crippen LogP contribution < -0.4 is 20.5 Å². The predicted molar refractivity (Wildman–Crippen MR) is 183 cm³/mol. The van der Waals surface area contributed by atoms with Crippen molar-refractivity contribution < 1.29 is 23.9 Å². The highest BCUT2D eigenvalue weighted by atomic mass is 79.9. The summed E-state index contributed by atoms with van der Waals surface area (Å²) in [6, 6.07) is 25.7. The summed E-state index contributed by atoms with van der Waals surface area (Å²) in [6.45, 7) is 2.31. The lowest BCUT2D eigenvalue weighted by atomic mass is 9.82. The van der Waals surface area contributed by atoms with Crippen LogP contribution in [0.5, 0.6) is 11.5 Å². The summed E-state index contributed by atoms with van der Waals surface area (Å²) in [5.74, 6) is 1.13. The normalized spacial score (nSPS) is 18.9. The van der Waals surface area contributed by atoms with Crippen LogP contribution in [0.4, 0.5) is 0 Å². The molecular formula is C37H41BrN4O5. The maximum Gasteiger partial charge on any atom is 0.252 e. The van der Waals surface area contributed by atoms with Gasteiger partial charge >= 0.3 is 0 Å². The van der Waals surface area contributed by atoms with E-state index in [-0.39, 0.29) is 42.8 Å². The van der Waals surface area contributed by atoms with Crippen LogP contribution in [0.2, 0.25) is 0 Å². The third-order valence-corrected chi connectivity index (χ3v) is 9.41. The summed E-state index contributed by atoms with van der Waals surface area (Å²) in [6.07, 6.45) is 3.48. The molecule has 2 aliphatic heterocycles. The molecule has 1 saturated heterocycles. The molecule has 3 N–H and O–H groups in total. The highest BCUT2D eigenvalue weighted by molar-refractivity contribution is 9.10. The van der Waals surface area contributed by atoms with Gasteiger partial charge in [0.25, 0.3) is 5.91 Å². The maximum absolute atomic E-state index is 14.6. The van der Waals surface area contributed by atoms with E-state index in [1.807, 2.05) is 76.5 Å². The highest BCUT2D eigenvalue weighted by Crippen LogP contribution is 2.38. The first-order chi connectivity index (χ1) is 22.8. The van der Waals surface area contributed by atoms with E-state index in [0.717, 1.165) is 51.1 Å². The van der Waals surface area contributed by atoms with Gasteiger partial charge in [0.05, 0.1) is 6.04 Å². The molecule has 0 aromatic heterocycles. The third kappa shape index (κ3) is 8.61. The monoisotopic (exact) mass is 700 g/mol. The number of piperazine rings is 1. The maximum atomic E-state index is 14.6. The number of hydrogen-bond donors (Lipinski definition) is 2. The molecule has 10 heteroatoms. The van der Waals surface area contributed by atoms with Crippen molar-refractivity contribution in [1.82, 2.24) is 15.1 Å². The van der Waals surface area contributed by atoms with Gasteiger partial charge in [-0.15, -0.1) is 0 Å². The van der Waals surface area contributed by atoms with Crippen LogP contribution >= 0.6 is 15.9 Å². The van der Waals surface area contributed by atoms with Crippen LogP contribution in [-0.4, -0.2) is 72.0 Å². The Kier molecular flexibility index (Phi) is 10.6. The Morgan fingerprint density at radius 3 is 2.17 bits per heavy atom. The summed E-state index contributed by atoms with van der Waals surface area (Å²) in [4.78, 5) is 42.9. The summed E-state index contributed by atoms with van der Waals surface area (Å²) in [7, 11) is 0. The van der Waals surface area contributed by atoms with Crippen molar-refractivity contribution in [3.63, 3.8) is 0 Å². The first-order valence-electron chi connectivity index (χ1n) is 16.4. The van der Waals surface area contributed by atoms with Crippen molar-refractivity contribution in [3.05, 3.63) is 100 Å². The second-order valence-electron chi connectivity index (χ2n) is 12.5. The number of nitrogens with one attached hydrogen (secondary N) is 1. The van der Waals surface area contributed by atoms with Crippen LogP contribution in [0, 0.1) is 0 Å². The average Bonchev–Trinajstić information content (AvgIpc) is 3.92. The lowest BCUT2D eigenvalue weighted by Crippen LogP contribution is -2.62. The number of fused-ring (bicyclic) bond motifs is 2. The van der Waals surface area contributed by atoms with Crippen molar-refractivity contribution in [2.45, 2.75) is 63.2 Å². The van der Waals surface area contributed by atoms with Crippen molar-refractivity contribution in [2.75, 3.05) is 26.3 Å². The van der Waals surface area contributed by atoms with E-state index >= 15 is 0 Å². The Hall–Kier alpha value is -4.15. The number of carbonyl (C=O) groups excluding carboxylic acids is 3. The molecule has 1 unspecified atom stereocenters. The quantitative estimate of drug-likeness (QED) is 0.227. The van der Waals surface area contributed by atoms with Crippen LogP contribution in [0.1, 0.15) is 49.7 Å². The lowest BCUT2D eigenvalue weighted by Gasteiger charge is -2.45. The van der Waals surface area contributed by atoms with Crippen molar-refractivity contribution in [3.8, 4) is 11.5 Å². The van der Waals surface area contributed by atoms with Crippen LogP contribution in [0.3, 0.4) is 0 Å². The van der Waals surface area contributed by atoms with Gasteiger partial charge in [-0.1, -0.05) is 58.4 Å². The number of halogens is 1. The Bertz CT molecular complexity index is 1590. The standard InChI is InChI=1S/C37H41BrN4O5/c38-27-11-17-31(18-12-27)47-20-19-46-30-15-9-26(10-16-30)32-21-28-23-41(35(44)8-4-7-34(39)43)24-33(40-28)36(32)37(45)42(29-13-14-29)22-25-5-2-1-3-6-25/h1-3,5-6,9-12,15-18,28-29,33,40H,4,7-8,13-14,19-24H2,(H2,39,43)/t28?,33-/m1/s1. The van der Waals surface area contributed by atoms with Gasteiger partial charge in [0, 0.05) is 54.6 Å². The smallest absolute Gasteiger partial charge is 0.252 e.